The van der Waals surface area contributed by atoms with Crippen molar-refractivity contribution < 1.29 is 9.53 Å². The van der Waals surface area contributed by atoms with E-state index in [1.807, 2.05) is 60.7 Å². The number of rotatable bonds is 5. The fraction of sp³-hybridized carbons (Fsp3) is 0.0500. The maximum absolute atomic E-state index is 11.4. The number of amides is 1. The van der Waals surface area contributed by atoms with E-state index in [0.29, 0.717) is 11.3 Å². The van der Waals surface area contributed by atoms with Crippen molar-refractivity contribution in [2.24, 2.45) is 5.73 Å². The van der Waals surface area contributed by atoms with Gasteiger partial charge >= 0.3 is 0 Å². The molecule has 0 aliphatic carbocycles. The number of ether oxygens (including phenoxy) is 1. The van der Waals surface area contributed by atoms with Crippen LogP contribution in [0.3, 0.4) is 0 Å². The summed E-state index contributed by atoms with van der Waals surface area (Å²) in [5.41, 5.74) is 8.07. The van der Waals surface area contributed by atoms with Gasteiger partial charge in [-0.05, 0) is 42.5 Å². The Morgan fingerprint density at radius 3 is 2.46 bits per heavy atom. The van der Waals surface area contributed by atoms with Crippen molar-refractivity contribution in [2.45, 2.75) is 0 Å². The first-order valence-electron chi connectivity index (χ1n) is 7.83. The number of nitrogens with two attached hydrogens (primary N) is 1. The molecule has 0 bridgehead atoms. The van der Waals surface area contributed by atoms with E-state index in [4.69, 9.17) is 15.7 Å². The first-order valence-corrected chi connectivity index (χ1v) is 7.83. The summed E-state index contributed by atoms with van der Waals surface area (Å²) >= 11 is 0. The number of benzene rings is 2. The van der Waals surface area contributed by atoms with Gasteiger partial charge in [-0.2, -0.15) is 10.4 Å². The minimum absolute atomic E-state index is 0.132. The number of nitrogens with zero attached hydrogens (tertiary/aromatic N) is 3. The minimum Gasteiger partial charge on any atom is -0.497 e. The summed E-state index contributed by atoms with van der Waals surface area (Å²) in [4.78, 5) is 11.4. The minimum atomic E-state index is -0.777. The van der Waals surface area contributed by atoms with E-state index >= 15 is 0 Å². The fourth-order valence-electron chi connectivity index (χ4n) is 2.49. The zero-order valence-electron chi connectivity index (χ0n) is 14.1. The number of methoxy groups -OCH3 is 1. The Bertz CT molecular complexity index is 997. The van der Waals surface area contributed by atoms with E-state index in [2.05, 4.69) is 5.10 Å². The van der Waals surface area contributed by atoms with Gasteiger partial charge in [-0.15, -0.1) is 0 Å². The van der Waals surface area contributed by atoms with Crippen molar-refractivity contribution in [1.29, 1.82) is 5.26 Å². The average Bonchev–Trinajstić information content (AvgIpc) is 3.10. The zero-order valence-corrected chi connectivity index (χ0v) is 14.1. The second kappa shape index (κ2) is 7.36. The highest BCUT2D eigenvalue weighted by molar-refractivity contribution is 6.01. The Morgan fingerprint density at radius 2 is 1.88 bits per heavy atom. The lowest BCUT2D eigenvalue weighted by molar-refractivity contribution is -0.114. The molecular weight excluding hydrogens is 328 g/mol. The van der Waals surface area contributed by atoms with Crippen molar-refractivity contribution in [2.75, 3.05) is 7.11 Å². The summed E-state index contributed by atoms with van der Waals surface area (Å²) in [5.74, 6) is -0.0520. The largest absolute Gasteiger partial charge is 0.497 e. The van der Waals surface area contributed by atoms with E-state index < -0.39 is 5.91 Å². The molecule has 3 aromatic rings. The summed E-state index contributed by atoms with van der Waals surface area (Å²) in [6.07, 6.45) is 3.21. The van der Waals surface area contributed by atoms with E-state index in [1.54, 1.807) is 18.0 Å². The van der Waals surface area contributed by atoms with Crippen LogP contribution in [-0.4, -0.2) is 22.8 Å². The van der Waals surface area contributed by atoms with Crippen LogP contribution in [0.4, 0.5) is 0 Å². The third-order valence-electron chi connectivity index (χ3n) is 3.81. The van der Waals surface area contributed by atoms with Crippen LogP contribution in [0.5, 0.6) is 5.75 Å². The van der Waals surface area contributed by atoms with Crippen molar-refractivity contribution in [3.63, 3.8) is 0 Å². The number of nitriles is 1. The predicted octanol–water partition coefficient (Wildman–Crippen LogP) is 2.94. The molecule has 0 atom stereocenters. The molecule has 0 fully saturated rings. The Labute approximate surface area is 150 Å². The molecule has 1 aromatic heterocycles. The third kappa shape index (κ3) is 3.47. The van der Waals surface area contributed by atoms with Gasteiger partial charge in [0.1, 0.15) is 17.4 Å². The van der Waals surface area contributed by atoms with E-state index in [9.17, 15) is 4.79 Å². The number of primary amides is 1. The summed E-state index contributed by atoms with van der Waals surface area (Å²) in [7, 11) is 1.60. The molecule has 0 saturated heterocycles. The topological polar surface area (TPSA) is 93.9 Å². The molecule has 2 N–H and O–H groups in total. The van der Waals surface area contributed by atoms with Crippen LogP contribution in [-0.2, 0) is 4.79 Å². The van der Waals surface area contributed by atoms with Gasteiger partial charge in [0.15, 0.2) is 0 Å². The van der Waals surface area contributed by atoms with Gasteiger partial charge in [-0.1, -0.05) is 18.2 Å². The van der Waals surface area contributed by atoms with Crippen LogP contribution in [0.1, 0.15) is 5.56 Å². The highest BCUT2D eigenvalue weighted by Crippen LogP contribution is 2.27. The smallest absolute Gasteiger partial charge is 0.259 e. The van der Waals surface area contributed by atoms with Gasteiger partial charge in [0.25, 0.3) is 5.91 Å². The molecule has 0 aliphatic heterocycles. The van der Waals surface area contributed by atoms with Gasteiger partial charge in [0.05, 0.1) is 18.5 Å². The molecule has 0 radical (unpaired) electrons. The van der Waals surface area contributed by atoms with E-state index in [1.165, 1.54) is 6.08 Å². The fourth-order valence-corrected chi connectivity index (χ4v) is 2.49. The molecule has 1 heterocycles. The summed E-state index contributed by atoms with van der Waals surface area (Å²) in [6.45, 7) is 0. The lowest BCUT2D eigenvalue weighted by atomic mass is 10.1. The van der Waals surface area contributed by atoms with Crippen LogP contribution >= 0.6 is 0 Å². The molecule has 3 rings (SSSR count). The van der Waals surface area contributed by atoms with Crippen LogP contribution in [0.15, 0.2) is 66.4 Å². The number of hydrogen-bond donors (Lipinski definition) is 1. The first-order chi connectivity index (χ1) is 12.6. The SMILES string of the molecule is COc1ccc(-c2nn(-c3ccccc3)cc2/C=C(/C#N)C(N)=O)cc1. The van der Waals surface area contributed by atoms with Gasteiger partial charge in [-0.25, -0.2) is 4.68 Å². The van der Waals surface area contributed by atoms with E-state index in [-0.39, 0.29) is 5.57 Å². The Kier molecular flexibility index (Phi) is 4.81. The first kappa shape index (κ1) is 17.0. The molecule has 6 nitrogen and oxygen atoms in total. The van der Waals surface area contributed by atoms with Crippen molar-refractivity contribution >= 4 is 12.0 Å². The van der Waals surface area contributed by atoms with Crippen molar-refractivity contribution in [3.8, 4) is 28.8 Å². The maximum atomic E-state index is 11.4. The molecule has 2 aromatic carbocycles. The standard InChI is InChI=1S/C20H16N4O2/c1-26-18-9-7-14(8-10-18)19-16(11-15(12-21)20(22)25)13-24(23-19)17-5-3-2-4-6-17/h2-11,13H,1H3,(H2,22,25)/b15-11-. The molecule has 0 spiro atoms. The third-order valence-corrected chi connectivity index (χ3v) is 3.81. The van der Waals surface area contributed by atoms with Gasteiger partial charge in [-0.3, -0.25) is 4.79 Å². The molecule has 1 amide bonds. The number of para-hydroxylation sites is 1. The quantitative estimate of drug-likeness (QED) is 0.569. The van der Waals surface area contributed by atoms with Crippen molar-refractivity contribution in [3.05, 3.63) is 71.9 Å². The van der Waals surface area contributed by atoms with Crippen LogP contribution in [0, 0.1) is 11.3 Å². The molecule has 128 valence electrons. The normalized spacial score (nSPS) is 11.0. The van der Waals surface area contributed by atoms with Crippen LogP contribution in [0.25, 0.3) is 23.0 Å². The monoisotopic (exact) mass is 344 g/mol. The summed E-state index contributed by atoms with van der Waals surface area (Å²) in [6, 6.07) is 18.8. The number of carbonyl (C=O) groups is 1. The molecule has 6 heteroatoms. The molecule has 0 unspecified atom stereocenters. The Balaban J connectivity index is 2.15. The van der Waals surface area contributed by atoms with E-state index in [0.717, 1.165) is 17.0 Å². The predicted molar refractivity (Wildman–Crippen MR) is 98.3 cm³/mol. The number of hydrogen-bond acceptors (Lipinski definition) is 4. The lowest BCUT2D eigenvalue weighted by Crippen LogP contribution is -2.12. The molecule has 0 aliphatic rings. The number of aromatic nitrogens is 2. The second-order valence-corrected chi connectivity index (χ2v) is 5.48. The average molecular weight is 344 g/mol. The highest BCUT2D eigenvalue weighted by atomic mass is 16.5. The Morgan fingerprint density at radius 1 is 1.19 bits per heavy atom. The van der Waals surface area contributed by atoms with Crippen molar-refractivity contribution in [1.82, 2.24) is 9.78 Å². The molecule has 0 saturated carbocycles. The highest BCUT2D eigenvalue weighted by Gasteiger charge is 2.13. The summed E-state index contributed by atoms with van der Waals surface area (Å²) < 4.78 is 6.88. The molecular formula is C20H16N4O2. The summed E-state index contributed by atoms with van der Waals surface area (Å²) in [5, 5.41) is 13.8. The maximum Gasteiger partial charge on any atom is 0.259 e. The van der Waals surface area contributed by atoms with Gasteiger partial charge in [0, 0.05) is 17.3 Å². The lowest BCUT2D eigenvalue weighted by Gasteiger charge is -2.03. The Hall–Kier alpha value is -3.85. The van der Waals surface area contributed by atoms with Gasteiger partial charge < -0.3 is 10.5 Å². The van der Waals surface area contributed by atoms with Gasteiger partial charge in [0.2, 0.25) is 0 Å². The zero-order chi connectivity index (χ0) is 18.5. The van der Waals surface area contributed by atoms with Crippen LogP contribution < -0.4 is 10.5 Å². The number of carbonyl (C=O) groups excluding carboxylic acids is 1. The molecule has 26 heavy (non-hydrogen) atoms. The second-order valence-electron chi connectivity index (χ2n) is 5.48. The van der Waals surface area contributed by atoms with Crippen LogP contribution in [0.2, 0.25) is 0 Å².